The van der Waals surface area contributed by atoms with Crippen LogP contribution in [0, 0.1) is 11.6 Å². The predicted molar refractivity (Wildman–Crippen MR) is 56.8 cm³/mol. The minimum Gasteiger partial charge on any atom is -0.330 e. The molecular weight excluding hydrogens is 252 g/mol. The van der Waals surface area contributed by atoms with Gasteiger partial charge >= 0.3 is 0 Å². The van der Waals surface area contributed by atoms with Crippen molar-refractivity contribution in [2.24, 2.45) is 5.73 Å². The fourth-order valence-electron chi connectivity index (χ4n) is 1.01. The van der Waals surface area contributed by atoms with Crippen LogP contribution >= 0.6 is 15.9 Å². The predicted octanol–water partition coefficient (Wildman–Crippen LogP) is 3.09. The maximum Gasteiger partial charge on any atom is 0.134 e. The van der Waals surface area contributed by atoms with Crippen LogP contribution in [0.4, 0.5) is 8.78 Å². The highest BCUT2D eigenvalue weighted by molar-refractivity contribution is 9.10. The Kier molecular flexibility index (Phi) is 4.22. The van der Waals surface area contributed by atoms with Crippen LogP contribution in [0.25, 0.3) is 6.08 Å². The molecule has 0 saturated carbocycles. The van der Waals surface area contributed by atoms with Crippen molar-refractivity contribution in [2.45, 2.75) is 6.42 Å². The van der Waals surface area contributed by atoms with Crippen LogP contribution in [0.5, 0.6) is 0 Å². The maximum atomic E-state index is 13.2. The first-order chi connectivity index (χ1) is 6.65. The first-order valence-electron chi connectivity index (χ1n) is 4.16. The minimum atomic E-state index is -0.579. The van der Waals surface area contributed by atoms with Crippen molar-refractivity contribution in [3.8, 4) is 0 Å². The normalized spacial score (nSPS) is 11.1. The van der Waals surface area contributed by atoms with Gasteiger partial charge in [-0.3, -0.25) is 0 Å². The first kappa shape index (κ1) is 11.3. The lowest BCUT2D eigenvalue weighted by Crippen LogP contribution is -1.95. The molecule has 14 heavy (non-hydrogen) atoms. The second-order valence-electron chi connectivity index (χ2n) is 2.76. The van der Waals surface area contributed by atoms with Gasteiger partial charge in [0.15, 0.2) is 0 Å². The summed E-state index contributed by atoms with van der Waals surface area (Å²) in [5.74, 6) is -1.16. The van der Waals surface area contributed by atoms with Crippen LogP contribution in [0.3, 0.4) is 0 Å². The van der Waals surface area contributed by atoms with E-state index < -0.39 is 11.6 Å². The Balaban J connectivity index is 2.96. The van der Waals surface area contributed by atoms with Gasteiger partial charge in [0.25, 0.3) is 0 Å². The van der Waals surface area contributed by atoms with Crippen molar-refractivity contribution < 1.29 is 8.78 Å². The van der Waals surface area contributed by atoms with Crippen molar-refractivity contribution in [3.05, 3.63) is 39.9 Å². The molecule has 0 amide bonds. The van der Waals surface area contributed by atoms with Gasteiger partial charge in [0.05, 0.1) is 0 Å². The molecule has 0 fully saturated rings. The Labute approximate surface area is 89.7 Å². The molecule has 0 aliphatic heterocycles. The zero-order valence-electron chi connectivity index (χ0n) is 7.43. The number of nitrogens with two attached hydrogens (primary N) is 1. The standard InChI is InChI=1S/C10H10BrF2N/c11-7-5-9(12)8(10(13)6-7)3-1-2-4-14/h1,3,5-6H,2,4,14H2. The summed E-state index contributed by atoms with van der Waals surface area (Å²) in [6.45, 7) is 0.469. The van der Waals surface area contributed by atoms with Crippen molar-refractivity contribution in [1.82, 2.24) is 0 Å². The fraction of sp³-hybridized carbons (Fsp3) is 0.200. The molecule has 0 aliphatic rings. The number of hydrogen-bond donors (Lipinski definition) is 1. The third-order valence-corrected chi connectivity index (χ3v) is 2.12. The van der Waals surface area contributed by atoms with Gasteiger partial charge in [-0.2, -0.15) is 0 Å². The molecule has 0 bridgehead atoms. The molecule has 1 rings (SSSR count). The minimum absolute atomic E-state index is 0.0262. The number of halogens is 3. The average molecular weight is 262 g/mol. The lowest BCUT2D eigenvalue weighted by molar-refractivity contribution is 0.577. The highest BCUT2D eigenvalue weighted by Gasteiger charge is 2.06. The third-order valence-electron chi connectivity index (χ3n) is 1.66. The lowest BCUT2D eigenvalue weighted by atomic mass is 10.1. The Morgan fingerprint density at radius 3 is 2.36 bits per heavy atom. The van der Waals surface area contributed by atoms with Gasteiger partial charge in [0, 0.05) is 10.0 Å². The van der Waals surface area contributed by atoms with Gasteiger partial charge in [-0.1, -0.05) is 28.1 Å². The van der Waals surface area contributed by atoms with E-state index in [1.165, 1.54) is 18.2 Å². The molecular formula is C10H10BrF2N. The molecule has 0 saturated heterocycles. The third kappa shape index (κ3) is 2.89. The topological polar surface area (TPSA) is 26.0 Å². The maximum absolute atomic E-state index is 13.2. The van der Waals surface area contributed by atoms with E-state index in [9.17, 15) is 8.78 Å². The molecule has 0 atom stereocenters. The second-order valence-corrected chi connectivity index (χ2v) is 3.68. The van der Waals surface area contributed by atoms with E-state index in [0.717, 1.165) is 0 Å². The van der Waals surface area contributed by atoms with Gasteiger partial charge < -0.3 is 5.73 Å². The van der Waals surface area contributed by atoms with Crippen LogP contribution in [0.1, 0.15) is 12.0 Å². The summed E-state index contributed by atoms with van der Waals surface area (Å²) >= 11 is 3.00. The summed E-state index contributed by atoms with van der Waals surface area (Å²) in [4.78, 5) is 0. The number of hydrogen-bond acceptors (Lipinski definition) is 1. The van der Waals surface area contributed by atoms with Crippen LogP contribution in [0.15, 0.2) is 22.7 Å². The zero-order valence-corrected chi connectivity index (χ0v) is 9.02. The van der Waals surface area contributed by atoms with Crippen LogP contribution < -0.4 is 5.73 Å². The van der Waals surface area contributed by atoms with Gasteiger partial charge in [-0.15, -0.1) is 0 Å². The van der Waals surface area contributed by atoms with Crippen molar-refractivity contribution in [1.29, 1.82) is 0 Å². The van der Waals surface area contributed by atoms with E-state index in [1.54, 1.807) is 6.08 Å². The van der Waals surface area contributed by atoms with Gasteiger partial charge in [0.2, 0.25) is 0 Å². The molecule has 4 heteroatoms. The quantitative estimate of drug-likeness (QED) is 0.889. The van der Waals surface area contributed by atoms with Crippen molar-refractivity contribution in [3.63, 3.8) is 0 Å². The average Bonchev–Trinajstić information content (AvgIpc) is 2.09. The lowest BCUT2D eigenvalue weighted by Gasteiger charge is -2.00. The molecule has 0 radical (unpaired) electrons. The second kappa shape index (κ2) is 5.22. The summed E-state index contributed by atoms with van der Waals surface area (Å²) in [6, 6.07) is 2.45. The first-order valence-corrected chi connectivity index (χ1v) is 4.95. The fourth-order valence-corrected chi connectivity index (χ4v) is 1.41. The van der Waals surface area contributed by atoms with Crippen molar-refractivity contribution in [2.75, 3.05) is 6.54 Å². The molecule has 0 unspecified atom stereocenters. The monoisotopic (exact) mass is 261 g/mol. The van der Waals surface area contributed by atoms with E-state index in [-0.39, 0.29) is 5.56 Å². The Morgan fingerprint density at radius 2 is 1.86 bits per heavy atom. The number of benzene rings is 1. The van der Waals surface area contributed by atoms with E-state index >= 15 is 0 Å². The molecule has 2 N–H and O–H groups in total. The van der Waals surface area contributed by atoms with E-state index in [0.29, 0.717) is 17.4 Å². The van der Waals surface area contributed by atoms with Crippen LogP contribution in [-0.2, 0) is 0 Å². The summed E-state index contributed by atoms with van der Waals surface area (Å²) in [7, 11) is 0. The molecule has 0 spiro atoms. The summed E-state index contributed by atoms with van der Waals surface area (Å²) in [5, 5.41) is 0. The highest BCUT2D eigenvalue weighted by Crippen LogP contribution is 2.20. The summed E-state index contributed by atoms with van der Waals surface area (Å²) in [5.41, 5.74) is 5.22. The van der Waals surface area contributed by atoms with Gasteiger partial charge in [-0.25, -0.2) is 8.78 Å². The van der Waals surface area contributed by atoms with E-state index in [4.69, 9.17) is 5.73 Å². The summed E-state index contributed by atoms with van der Waals surface area (Å²) in [6.07, 6.45) is 3.66. The Hall–Kier alpha value is -0.740. The van der Waals surface area contributed by atoms with Gasteiger partial charge in [-0.05, 0) is 25.1 Å². The highest BCUT2D eigenvalue weighted by atomic mass is 79.9. The van der Waals surface area contributed by atoms with Crippen molar-refractivity contribution >= 4 is 22.0 Å². The van der Waals surface area contributed by atoms with Crippen LogP contribution in [-0.4, -0.2) is 6.54 Å². The largest absolute Gasteiger partial charge is 0.330 e. The van der Waals surface area contributed by atoms with Crippen LogP contribution in [0.2, 0.25) is 0 Å². The molecule has 1 aromatic carbocycles. The molecule has 0 aromatic heterocycles. The van der Waals surface area contributed by atoms with E-state index in [2.05, 4.69) is 15.9 Å². The summed E-state index contributed by atoms with van der Waals surface area (Å²) < 4.78 is 26.8. The molecule has 0 aliphatic carbocycles. The smallest absolute Gasteiger partial charge is 0.134 e. The molecule has 76 valence electrons. The van der Waals surface area contributed by atoms with E-state index in [1.807, 2.05) is 0 Å². The molecule has 0 heterocycles. The Morgan fingerprint density at radius 1 is 1.29 bits per heavy atom. The SMILES string of the molecule is NCCC=Cc1c(F)cc(Br)cc1F. The van der Waals surface area contributed by atoms with Gasteiger partial charge in [0.1, 0.15) is 11.6 Å². The molecule has 1 aromatic rings. The Bertz CT molecular complexity index is 327. The molecule has 1 nitrogen and oxygen atoms in total. The number of rotatable bonds is 3. The zero-order chi connectivity index (χ0) is 10.6.